The molecule has 4 heteroatoms. The number of thiazole rings is 1. The third-order valence-electron chi connectivity index (χ3n) is 2.19. The van der Waals surface area contributed by atoms with E-state index >= 15 is 0 Å². The summed E-state index contributed by atoms with van der Waals surface area (Å²) in [6.07, 6.45) is 0.481. The zero-order valence-corrected chi connectivity index (χ0v) is 9.52. The number of aryl methyl sites for hydroxylation is 1. The van der Waals surface area contributed by atoms with E-state index in [0.717, 1.165) is 15.8 Å². The first-order chi connectivity index (χ1) is 7.20. The van der Waals surface area contributed by atoms with Crippen molar-refractivity contribution in [3.63, 3.8) is 0 Å². The van der Waals surface area contributed by atoms with Gasteiger partial charge >= 0.3 is 0 Å². The van der Waals surface area contributed by atoms with E-state index < -0.39 is 0 Å². The van der Waals surface area contributed by atoms with Gasteiger partial charge in [-0.15, -0.1) is 0 Å². The van der Waals surface area contributed by atoms with Crippen molar-refractivity contribution in [2.75, 3.05) is 5.32 Å². The number of aromatic nitrogens is 1. The van der Waals surface area contributed by atoms with E-state index in [4.69, 9.17) is 0 Å². The Hall–Kier alpha value is -1.42. The molecule has 2 aromatic rings. The van der Waals surface area contributed by atoms with E-state index in [1.165, 1.54) is 11.3 Å². The minimum absolute atomic E-state index is 0.00621. The second-order valence-electron chi connectivity index (χ2n) is 3.34. The van der Waals surface area contributed by atoms with Gasteiger partial charge in [0.2, 0.25) is 5.91 Å². The molecule has 0 aliphatic heterocycles. The smallest absolute Gasteiger partial charge is 0.225 e. The standard InChI is InChI=1S/C11H12N2OS/c1-3-9(14)12-11-13-10-7(2)5-4-6-8(10)15-11/h4-6H,3H2,1-2H3,(H,12,13,14). The van der Waals surface area contributed by atoms with E-state index in [2.05, 4.69) is 10.3 Å². The van der Waals surface area contributed by atoms with E-state index in [-0.39, 0.29) is 5.91 Å². The van der Waals surface area contributed by atoms with Gasteiger partial charge in [-0.2, -0.15) is 0 Å². The molecule has 0 unspecified atom stereocenters. The highest BCUT2D eigenvalue weighted by Gasteiger charge is 2.07. The number of fused-ring (bicyclic) bond motifs is 1. The maximum Gasteiger partial charge on any atom is 0.225 e. The Morgan fingerprint density at radius 1 is 1.53 bits per heavy atom. The largest absolute Gasteiger partial charge is 0.302 e. The number of nitrogens with zero attached hydrogens (tertiary/aromatic N) is 1. The molecule has 0 spiro atoms. The summed E-state index contributed by atoms with van der Waals surface area (Å²) in [7, 11) is 0. The third-order valence-corrected chi connectivity index (χ3v) is 3.12. The lowest BCUT2D eigenvalue weighted by Crippen LogP contribution is -2.08. The van der Waals surface area contributed by atoms with Crippen molar-refractivity contribution in [2.24, 2.45) is 0 Å². The lowest BCUT2D eigenvalue weighted by atomic mass is 10.2. The molecule has 0 aliphatic rings. The Balaban J connectivity index is 2.39. The summed E-state index contributed by atoms with van der Waals surface area (Å²) in [6.45, 7) is 3.85. The number of para-hydroxylation sites is 1. The maximum absolute atomic E-state index is 11.2. The van der Waals surface area contributed by atoms with Gasteiger partial charge in [0, 0.05) is 6.42 Å². The van der Waals surface area contributed by atoms with Gasteiger partial charge in [0.15, 0.2) is 5.13 Å². The number of nitrogens with one attached hydrogen (secondary N) is 1. The van der Waals surface area contributed by atoms with E-state index in [1.54, 1.807) is 0 Å². The first kappa shape index (κ1) is 10.1. The first-order valence-electron chi connectivity index (χ1n) is 4.86. The van der Waals surface area contributed by atoms with Gasteiger partial charge in [-0.05, 0) is 18.6 Å². The molecule has 3 nitrogen and oxygen atoms in total. The number of hydrogen-bond donors (Lipinski definition) is 1. The highest BCUT2D eigenvalue weighted by Crippen LogP contribution is 2.27. The van der Waals surface area contributed by atoms with Crippen LogP contribution in [0.2, 0.25) is 0 Å². The molecule has 1 aromatic heterocycles. The summed E-state index contributed by atoms with van der Waals surface area (Å²) in [5, 5.41) is 3.46. The second kappa shape index (κ2) is 3.98. The molecule has 78 valence electrons. The molecule has 1 N–H and O–H groups in total. The van der Waals surface area contributed by atoms with Crippen LogP contribution in [0.3, 0.4) is 0 Å². The number of rotatable bonds is 2. The SMILES string of the molecule is CCC(=O)Nc1nc2c(C)cccc2s1. The van der Waals surface area contributed by atoms with Crippen LogP contribution in [0.4, 0.5) is 5.13 Å². The highest BCUT2D eigenvalue weighted by molar-refractivity contribution is 7.22. The number of benzene rings is 1. The third kappa shape index (κ3) is 1.99. The van der Waals surface area contributed by atoms with Gasteiger partial charge in [-0.1, -0.05) is 30.4 Å². The van der Waals surface area contributed by atoms with Gasteiger partial charge in [0.1, 0.15) is 0 Å². The summed E-state index contributed by atoms with van der Waals surface area (Å²) in [4.78, 5) is 15.6. The number of anilines is 1. The molecule has 0 aliphatic carbocycles. The van der Waals surface area contributed by atoms with Crippen molar-refractivity contribution >= 4 is 32.6 Å². The minimum Gasteiger partial charge on any atom is -0.302 e. The van der Waals surface area contributed by atoms with Crippen LogP contribution in [-0.4, -0.2) is 10.9 Å². The van der Waals surface area contributed by atoms with Crippen molar-refractivity contribution in [3.8, 4) is 0 Å². The zero-order valence-electron chi connectivity index (χ0n) is 8.70. The summed E-state index contributed by atoms with van der Waals surface area (Å²) in [5.41, 5.74) is 2.12. The molecular formula is C11H12N2OS. The second-order valence-corrected chi connectivity index (χ2v) is 4.37. The van der Waals surface area contributed by atoms with Gasteiger partial charge in [0.05, 0.1) is 10.2 Å². The summed E-state index contributed by atoms with van der Waals surface area (Å²) in [5.74, 6) is 0.00621. The Morgan fingerprint density at radius 3 is 3.00 bits per heavy atom. The van der Waals surface area contributed by atoms with Crippen LogP contribution in [0.25, 0.3) is 10.2 Å². The molecule has 0 atom stereocenters. The predicted octanol–water partition coefficient (Wildman–Crippen LogP) is 2.95. The van der Waals surface area contributed by atoms with Gasteiger partial charge in [-0.3, -0.25) is 4.79 Å². The molecule has 0 fully saturated rings. The van der Waals surface area contributed by atoms with E-state index in [9.17, 15) is 4.79 Å². The van der Waals surface area contributed by atoms with Crippen LogP contribution in [0, 0.1) is 6.92 Å². The van der Waals surface area contributed by atoms with E-state index in [1.807, 2.05) is 32.0 Å². The van der Waals surface area contributed by atoms with Crippen molar-refractivity contribution in [2.45, 2.75) is 20.3 Å². The fourth-order valence-corrected chi connectivity index (χ4v) is 2.31. The fraction of sp³-hybridized carbons (Fsp3) is 0.273. The quantitative estimate of drug-likeness (QED) is 0.845. The molecule has 0 saturated heterocycles. The molecule has 2 rings (SSSR count). The normalized spacial score (nSPS) is 10.5. The van der Waals surface area contributed by atoms with Gasteiger partial charge in [-0.25, -0.2) is 4.98 Å². The molecule has 0 radical (unpaired) electrons. The lowest BCUT2D eigenvalue weighted by molar-refractivity contribution is -0.115. The first-order valence-corrected chi connectivity index (χ1v) is 5.68. The predicted molar refractivity (Wildman–Crippen MR) is 63.3 cm³/mol. The monoisotopic (exact) mass is 220 g/mol. The highest BCUT2D eigenvalue weighted by atomic mass is 32.1. The van der Waals surface area contributed by atoms with Crippen molar-refractivity contribution in [1.29, 1.82) is 0 Å². The van der Waals surface area contributed by atoms with Crippen molar-refractivity contribution < 1.29 is 4.79 Å². The van der Waals surface area contributed by atoms with Gasteiger partial charge < -0.3 is 5.32 Å². The van der Waals surface area contributed by atoms with Gasteiger partial charge in [0.25, 0.3) is 0 Å². The van der Waals surface area contributed by atoms with E-state index in [0.29, 0.717) is 11.6 Å². The summed E-state index contributed by atoms with van der Waals surface area (Å²) in [6, 6.07) is 6.04. The molecule has 1 heterocycles. The molecule has 15 heavy (non-hydrogen) atoms. The van der Waals surface area contributed by atoms with Crippen LogP contribution in [0.5, 0.6) is 0 Å². The van der Waals surface area contributed by atoms with Crippen LogP contribution in [0.15, 0.2) is 18.2 Å². The molecule has 0 saturated carbocycles. The van der Waals surface area contributed by atoms with Crippen molar-refractivity contribution in [3.05, 3.63) is 23.8 Å². The average molecular weight is 220 g/mol. The fourth-order valence-electron chi connectivity index (χ4n) is 1.35. The Morgan fingerprint density at radius 2 is 2.33 bits per heavy atom. The molecule has 1 aromatic carbocycles. The number of hydrogen-bond acceptors (Lipinski definition) is 3. The molecule has 0 bridgehead atoms. The number of carbonyl (C=O) groups excluding carboxylic acids is 1. The Bertz CT molecular complexity index is 504. The van der Waals surface area contributed by atoms with Crippen LogP contribution >= 0.6 is 11.3 Å². The summed E-state index contributed by atoms with van der Waals surface area (Å²) < 4.78 is 1.11. The number of carbonyl (C=O) groups is 1. The zero-order chi connectivity index (χ0) is 10.8. The maximum atomic E-state index is 11.2. The number of amides is 1. The Labute approximate surface area is 92.1 Å². The topological polar surface area (TPSA) is 42.0 Å². The molecular weight excluding hydrogens is 208 g/mol. The summed E-state index contributed by atoms with van der Waals surface area (Å²) >= 11 is 1.51. The minimum atomic E-state index is 0.00621. The van der Waals surface area contributed by atoms with Crippen LogP contribution < -0.4 is 5.32 Å². The average Bonchev–Trinajstić information content (AvgIpc) is 2.62. The Kier molecular flexibility index (Phi) is 2.68. The van der Waals surface area contributed by atoms with Crippen LogP contribution in [-0.2, 0) is 4.79 Å². The van der Waals surface area contributed by atoms with Crippen LogP contribution in [0.1, 0.15) is 18.9 Å². The van der Waals surface area contributed by atoms with Crippen molar-refractivity contribution in [1.82, 2.24) is 4.98 Å². The molecule has 1 amide bonds. The lowest BCUT2D eigenvalue weighted by Gasteiger charge is -1.95.